The van der Waals surface area contributed by atoms with Gasteiger partial charge in [0.15, 0.2) is 0 Å². The normalized spacial score (nSPS) is 18.5. The molecule has 4 N–H and O–H groups in total. The van der Waals surface area contributed by atoms with Gasteiger partial charge in [-0.15, -0.1) is 0 Å². The maximum absolute atomic E-state index is 14.6. The van der Waals surface area contributed by atoms with Gasteiger partial charge in [-0.25, -0.2) is 9.18 Å². The number of nitrogens with one attached hydrogen (secondary N) is 2. The number of morpholine rings is 1. The van der Waals surface area contributed by atoms with E-state index in [1.807, 2.05) is 30.9 Å². The first kappa shape index (κ1) is 22.6. The zero-order valence-electron chi connectivity index (χ0n) is 17.9. The molecule has 1 fully saturated rings. The third-order valence-electron chi connectivity index (χ3n) is 5.14. The van der Waals surface area contributed by atoms with Crippen molar-refractivity contribution in [1.29, 1.82) is 0 Å². The number of nitrogens with zero attached hydrogens (tertiary/aromatic N) is 1. The lowest BCUT2D eigenvalue weighted by molar-refractivity contribution is -0.00539. The third-order valence-corrected chi connectivity index (χ3v) is 5.14. The van der Waals surface area contributed by atoms with E-state index in [0.29, 0.717) is 42.9 Å². The first-order valence-electron chi connectivity index (χ1n) is 10.4. The molecule has 8 heteroatoms. The molecule has 1 aliphatic rings. The molecular weight excluding hydrogens is 399 g/mol. The fraction of sp³-hybridized carbons (Fsp3) is 0.391. The highest BCUT2D eigenvalue weighted by Gasteiger charge is 2.24. The molecular formula is C23H29FN4O3. The van der Waals surface area contributed by atoms with Crippen molar-refractivity contribution < 1.29 is 18.7 Å². The van der Waals surface area contributed by atoms with E-state index in [-0.39, 0.29) is 30.6 Å². The molecule has 1 heterocycles. The van der Waals surface area contributed by atoms with Crippen LogP contribution in [0.4, 0.5) is 14.9 Å². The van der Waals surface area contributed by atoms with E-state index in [4.69, 9.17) is 10.5 Å². The lowest BCUT2D eigenvalue weighted by Crippen LogP contribution is -2.45. The van der Waals surface area contributed by atoms with Gasteiger partial charge in [0, 0.05) is 31.7 Å². The summed E-state index contributed by atoms with van der Waals surface area (Å²) in [6.45, 7) is 5.86. The fourth-order valence-corrected chi connectivity index (χ4v) is 3.74. The van der Waals surface area contributed by atoms with Crippen molar-refractivity contribution in [3.05, 3.63) is 65.0 Å². The van der Waals surface area contributed by atoms with Gasteiger partial charge in [-0.05, 0) is 55.7 Å². The van der Waals surface area contributed by atoms with E-state index in [1.165, 1.54) is 6.07 Å². The molecule has 166 valence electrons. The molecule has 0 bridgehead atoms. The van der Waals surface area contributed by atoms with Gasteiger partial charge in [-0.1, -0.05) is 18.2 Å². The van der Waals surface area contributed by atoms with Crippen LogP contribution in [0.1, 0.15) is 35.3 Å². The number of anilines is 1. The summed E-state index contributed by atoms with van der Waals surface area (Å²) in [6.07, 6.45) is 0.659. The quantitative estimate of drug-likeness (QED) is 0.632. The molecule has 2 atom stereocenters. The second-order valence-corrected chi connectivity index (χ2v) is 7.87. The molecule has 7 nitrogen and oxygen atoms in total. The zero-order chi connectivity index (χ0) is 22.4. The van der Waals surface area contributed by atoms with E-state index < -0.39 is 5.91 Å². The van der Waals surface area contributed by atoms with Crippen LogP contribution in [0.2, 0.25) is 0 Å². The highest BCUT2D eigenvalue weighted by atomic mass is 19.1. The van der Waals surface area contributed by atoms with Crippen LogP contribution >= 0.6 is 0 Å². The van der Waals surface area contributed by atoms with E-state index in [0.717, 1.165) is 5.56 Å². The Bertz CT molecular complexity index is 927. The van der Waals surface area contributed by atoms with Crippen molar-refractivity contribution >= 4 is 17.6 Å². The minimum atomic E-state index is -0.483. The van der Waals surface area contributed by atoms with Crippen molar-refractivity contribution in [1.82, 2.24) is 10.6 Å². The van der Waals surface area contributed by atoms with Crippen LogP contribution in [0.3, 0.4) is 0 Å². The van der Waals surface area contributed by atoms with E-state index in [1.54, 1.807) is 24.3 Å². The highest BCUT2D eigenvalue weighted by molar-refractivity contribution is 5.92. The largest absolute Gasteiger partial charge is 0.372 e. The standard InChI is InChI=1S/C23H29FN4O3/c1-15-13-28(14-16(2)31-15)21-7-6-18(11-20(21)24)12-27-23(30)26-9-8-17-4-3-5-19(10-17)22(25)29/h3-7,10-11,15-16H,8-9,12-14H2,1-2H3,(H2,25,29)(H2,26,27,30). The van der Waals surface area contributed by atoms with Gasteiger partial charge in [-0.3, -0.25) is 4.79 Å². The van der Waals surface area contributed by atoms with Crippen molar-refractivity contribution in [2.75, 3.05) is 24.5 Å². The molecule has 2 unspecified atom stereocenters. The molecule has 1 saturated heterocycles. The highest BCUT2D eigenvalue weighted by Crippen LogP contribution is 2.24. The van der Waals surface area contributed by atoms with Crippen LogP contribution in [0, 0.1) is 5.82 Å². The molecule has 0 aliphatic carbocycles. The SMILES string of the molecule is CC1CN(c2ccc(CNC(=O)NCCc3cccc(C(N)=O)c3)cc2F)CC(C)O1. The predicted octanol–water partition coefficient (Wildman–Crippen LogP) is 2.58. The number of ether oxygens (including phenoxy) is 1. The van der Waals surface area contributed by atoms with Crippen molar-refractivity contribution in [2.45, 2.75) is 39.0 Å². The summed E-state index contributed by atoms with van der Waals surface area (Å²) in [5.41, 5.74) is 7.85. The number of carbonyl (C=O) groups is 2. The van der Waals surface area contributed by atoms with Gasteiger partial charge in [0.1, 0.15) is 5.82 Å². The number of urea groups is 1. The summed E-state index contributed by atoms with van der Waals surface area (Å²) in [7, 11) is 0. The van der Waals surface area contributed by atoms with Gasteiger partial charge < -0.3 is 26.0 Å². The van der Waals surface area contributed by atoms with Gasteiger partial charge in [0.2, 0.25) is 5.91 Å². The fourth-order valence-electron chi connectivity index (χ4n) is 3.74. The average Bonchev–Trinajstić information content (AvgIpc) is 2.72. The zero-order valence-corrected chi connectivity index (χ0v) is 17.9. The minimum Gasteiger partial charge on any atom is -0.372 e. The minimum absolute atomic E-state index is 0.0476. The molecule has 2 aromatic carbocycles. The first-order chi connectivity index (χ1) is 14.8. The molecule has 3 amide bonds. The summed E-state index contributed by atoms with van der Waals surface area (Å²) in [4.78, 5) is 25.3. The number of carbonyl (C=O) groups excluding carboxylic acids is 2. The van der Waals surface area contributed by atoms with Crippen molar-refractivity contribution in [2.24, 2.45) is 5.73 Å². The van der Waals surface area contributed by atoms with Crippen LogP contribution in [0.25, 0.3) is 0 Å². The Labute approximate surface area is 181 Å². The first-order valence-corrected chi connectivity index (χ1v) is 10.4. The Balaban J connectivity index is 1.46. The predicted molar refractivity (Wildman–Crippen MR) is 118 cm³/mol. The molecule has 0 spiro atoms. The van der Waals surface area contributed by atoms with Gasteiger partial charge >= 0.3 is 6.03 Å². The molecule has 0 saturated carbocycles. The van der Waals surface area contributed by atoms with E-state index in [9.17, 15) is 14.0 Å². The van der Waals surface area contributed by atoms with Crippen molar-refractivity contribution in [3.8, 4) is 0 Å². The number of rotatable bonds is 7. The van der Waals surface area contributed by atoms with Crippen LogP contribution in [0.15, 0.2) is 42.5 Å². The molecule has 2 aromatic rings. The lowest BCUT2D eigenvalue weighted by Gasteiger charge is -2.37. The third kappa shape index (κ3) is 6.42. The van der Waals surface area contributed by atoms with Crippen molar-refractivity contribution in [3.63, 3.8) is 0 Å². The smallest absolute Gasteiger partial charge is 0.315 e. The van der Waals surface area contributed by atoms with E-state index >= 15 is 0 Å². The van der Waals surface area contributed by atoms with Crippen LogP contribution in [0.5, 0.6) is 0 Å². The Morgan fingerprint density at radius 1 is 1.10 bits per heavy atom. The number of hydrogen-bond donors (Lipinski definition) is 3. The summed E-state index contributed by atoms with van der Waals surface area (Å²) in [5.74, 6) is -0.793. The molecule has 1 aliphatic heterocycles. The van der Waals surface area contributed by atoms with Crippen LogP contribution in [-0.2, 0) is 17.7 Å². The van der Waals surface area contributed by atoms with Gasteiger partial charge in [0.05, 0.1) is 17.9 Å². The Kier molecular flexibility index (Phi) is 7.46. The van der Waals surface area contributed by atoms with Gasteiger partial charge in [0.25, 0.3) is 0 Å². The lowest BCUT2D eigenvalue weighted by atomic mass is 10.1. The van der Waals surface area contributed by atoms with Gasteiger partial charge in [-0.2, -0.15) is 0 Å². The molecule has 0 aromatic heterocycles. The second-order valence-electron chi connectivity index (χ2n) is 7.87. The topological polar surface area (TPSA) is 96.7 Å². The average molecular weight is 429 g/mol. The number of amides is 3. The Morgan fingerprint density at radius 2 is 1.84 bits per heavy atom. The summed E-state index contributed by atoms with van der Waals surface area (Å²) in [6, 6.07) is 11.7. The summed E-state index contributed by atoms with van der Waals surface area (Å²) in [5, 5.41) is 5.49. The Hall–Kier alpha value is -3.13. The summed E-state index contributed by atoms with van der Waals surface area (Å²) >= 11 is 0. The Morgan fingerprint density at radius 3 is 2.52 bits per heavy atom. The number of halogens is 1. The monoisotopic (exact) mass is 428 g/mol. The molecule has 3 rings (SSSR count). The summed E-state index contributed by atoms with van der Waals surface area (Å²) < 4.78 is 20.4. The number of nitrogens with two attached hydrogens (primary N) is 1. The molecule has 31 heavy (non-hydrogen) atoms. The second kappa shape index (κ2) is 10.3. The maximum Gasteiger partial charge on any atom is 0.315 e. The number of primary amides is 1. The van der Waals surface area contributed by atoms with E-state index in [2.05, 4.69) is 10.6 Å². The van der Waals surface area contributed by atoms with Crippen LogP contribution in [-0.4, -0.2) is 43.8 Å². The maximum atomic E-state index is 14.6. The molecule has 0 radical (unpaired) electrons. The number of benzene rings is 2. The van der Waals surface area contributed by atoms with Crippen LogP contribution < -0.4 is 21.3 Å². The number of hydrogen-bond acceptors (Lipinski definition) is 4.